The number of aromatic nitrogens is 1. The van der Waals surface area contributed by atoms with Crippen LogP contribution in [-0.4, -0.2) is 35.2 Å². The van der Waals surface area contributed by atoms with Crippen LogP contribution in [0.15, 0.2) is 4.52 Å². The number of nitrogens with zero attached hydrogens (tertiary/aromatic N) is 1. The molecular weight excluding hydrogens is 338 g/mol. The van der Waals surface area contributed by atoms with Crippen LogP contribution < -0.4 is 10.6 Å². The third-order valence-corrected chi connectivity index (χ3v) is 4.45. The zero-order valence-corrected chi connectivity index (χ0v) is 15.8. The van der Waals surface area contributed by atoms with Crippen LogP contribution in [0, 0.1) is 6.92 Å². The number of urea groups is 1. The van der Waals surface area contributed by atoms with Crippen molar-refractivity contribution in [2.75, 3.05) is 0 Å². The monoisotopic (exact) mass is 365 g/mol. The summed E-state index contributed by atoms with van der Waals surface area (Å²) in [4.78, 5) is 36.4. The van der Waals surface area contributed by atoms with Gasteiger partial charge >= 0.3 is 12.0 Å². The van der Waals surface area contributed by atoms with Crippen LogP contribution in [0.1, 0.15) is 80.6 Å². The van der Waals surface area contributed by atoms with Gasteiger partial charge in [-0.2, -0.15) is 0 Å². The molecule has 1 aromatic rings. The first-order valence-electron chi connectivity index (χ1n) is 9.08. The van der Waals surface area contributed by atoms with E-state index in [1.807, 2.05) is 13.8 Å². The molecule has 1 saturated carbocycles. The van der Waals surface area contributed by atoms with E-state index in [-0.39, 0.29) is 17.5 Å². The van der Waals surface area contributed by atoms with Crippen molar-refractivity contribution >= 4 is 17.9 Å². The molecule has 0 saturated heterocycles. The number of carbonyl (C=O) groups excluding carboxylic acids is 3. The van der Waals surface area contributed by atoms with Crippen LogP contribution >= 0.6 is 0 Å². The minimum Gasteiger partial charge on any atom is -0.449 e. The average Bonchev–Trinajstić information content (AvgIpc) is 2.97. The van der Waals surface area contributed by atoms with Crippen LogP contribution in [0.4, 0.5) is 4.79 Å². The first-order valence-corrected chi connectivity index (χ1v) is 9.08. The zero-order valence-electron chi connectivity index (χ0n) is 15.8. The van der Waals surface area contributed by atoms with Gasteiger partial charge in [-0.25, -0.2) is 9.59 Å². The third-order valence-electron chi connectivity index (χ3n) is 4.45. The van der Waals surface area contributed by atoms with Crippen LogP contribution in [0.3, 0.4) is 0 Å². The molecule has 1 aromatic heterocycles. The Hall–Kier alpha value is -2.38. The predicted octanol–water partition coefficient (Wildman–Crippen LogP) is 2.81. The quantitative estimate of drug-likeness (QED) is 0.776. The number of imide groups is 1. The summed E-state index contributed by atoms with van der Waals surface area (Å²) in [5, 5.41) is 8.79. The lowest BCUT2D eigenvalue weighted by molar-refractivity contribution is -0.127. The molecule has 1 atom stereocenters. The maximum Gasteiger partial charge on any atom is 0.344 e. The van der Waals surface area contributed by atoms with Crippen LogP contribution in [0.2, 0.25) is 0 Å². The van der Waals surface area contributed by atoms with Gasteiger partial charge in [-0.05, 0) is 26.7 Å². The first kappa shape index (κ1) is 19.9. The Bertz CT molecular complexity index is 662. The van der Waals surface area contributed by atoms with Crippen molar-refractivity contribution in [3.8, 4) is 0 Å². The molecule has 1 aliphatic rings. The molecule has 0 bridgehead atoms. The molecular formula is C18H27N3O5. The molecule has 0 radical (unpaired) electrons. The highest BCUT2D eigenvalue weighted by molar-refractivity contribution is 5.99. The number of hydrogen-bond donors (Lipinski definition) is 2. The van der Waals surface area contributed by atoms with Crippen molar-refractivity contribution in [3.63, 3.8) is 0 Å². The Morgan fingerprint density at radius 3 is 2.42 bits per heavy atom. The second kappa shape index (κ2) is 8.82. The van der Waals surface area contributed by atoms with Gasteiger partial charge in [-0.3, -0.25) is 10.1 Å². The predicted molar refractivity (Wildman–Crippen MR) is 93.8 cm³/mol. The van der Waals surface area contributed by atoms with E-state index in [0.717, 1.165) is 25.7 Å². The van der Waals surface area contributed by atoms with Gasteiger partial charge in [0.1, 0.15) is 5.56 Å². The van der Waals surface area contributed by atoms with Crippen molar-refractivity contribution < 1.29 is 23.6 Å². The zero-order chi connectivity index (χ0) is 19.3. The van der Waals surface area contributed by atoms with E-state index in [4.69, 9.17) is 9.26 Å². The second-order valence-electron chi connectivity index (χ2n) is 7.01. The molecule has 26 heavy (non-hydrogen) atoms. The SMILES string of the molecule is Cc1noc(C(C)C)c1C(=O)O[C@H](C)C(=O)NC(=O)NC1CCCCC1. The van der Waals surface area contributed by atoms with E-state index < -0.39 is 24.0 Å². The number of carbonyl (C=O) groups is 3. The Labute approximate surface area is 153 Å². The summed E-state index contributed by atoms with van der Waals surface area (Å²) in [5.74, 6) is -1.01. The van der Waals surface area contributed by atoms with Crippen molar-refractivity contribution in [3.05, 3.63) is 17.0 Å². The average molecular weight is 365 g/mol. The lowest BCUT2D eigenvalue weighted by Gasteiger charge is -2.23. The van der Waals surface area contributed by atoms with Crippen LogP contribution in [0.25, 0.3) is 0 Å². The van der Waals surface area contributed by atoms with E-state index in [0.29, 0.717) is 11.5 Å². The van der Waals surface area contributed by atoms with E-state index in [1.54, 1.807) is 6.92 Å². The molecule has 1 heterocycles. The van der Waals surface area contributed by atoms with Gasteiger partial charge in [0.15, 0.2) is 11.9 Å². The van der Waals surface area contributed by atoms with Crippen molar-refractivity contribution in [1.82, 2.24) is 15.8 Å². The number of esters is 1. The highest BCUT2D eigenvalue weighted by Crippen LogP contribution is 2.23. The number of amides is 3. The summed E-state index contributed by atoms with van der Waals surface area (Å²) >= 11 is 0. The number of ether oxygens (including phenoxy) is 1. The fourth-order valence-corrected chi connectivity index (χ4v) is 2.98. The second-order valence-corrected chi connectivity index (χ2v) is 7.01. The maximum atomic E-state index is 12.4. The number of hydrogen-bond acceptors (Lipinski definition) is 6. The molecule has 144 valence electrons. The fourth-order valence-electron chi connectivity index (χ4n) is 2.98. The van der Waals surface area contributed by atoms with Gasteiger partial charge in [-0.15, -0.1) is 0 Å². The van der Waals surface area contributed by atoms with E-state index in [2.05, 4.69) is 15.8 Å². The Balaban J connectivity index is 1.89. The van der Waals surface area contributed by atoms with Crippen molar-refractivity contribution in [2.24, 2.45) is 0 Å². The third kappa shape index (κ3) is 5.06. The number of aryl methyl sites for hydroxylation is 1. The molecule has 0 unspecified atom stereocenters. The van der Waals surface area contributed by atoms with Gasteiger partial charge in [0.25, 0.3) is 5.91 Å². The standard InChI is InChI=1S/C18H27N3O5/c1-10(2)15-14(11(3)21-26-15)17(23)25-12(4)16(22)20-18(24)19-13-8-6-5-7-9-13/h10,12-13H,5-9H2,1-4H3,(H2,19,20,22,24)/t12-/m1/s1. The minimum absolute atomic E-state index is 0.0517. The van der Waals surface area contributed by atoms with Crippen molar-refractivity contribution in [1.29, 1.82) is 0 Å². The molecule has 8 nitrogen and oxygen atoms in total. The molecule has 1 fully saturated rings. The summed E-state index contributed by atoms with van der Waals surface area (Å²) < 4.78 is 10.3. The summed E-state index contributed by atoms with van der Waals surface area (Å²) in [5.41, 5.74) is 0.632. The molecule has 0 aliphatic heterocycles. The summed E-state index contributed by atoms with van der Waals surface area (Å²) in [6, 6.07) is -0.475. The lowest BCUT2D eigenvalue weighted by Crippen LogP contribution is -2.48. The highest BCUT2D eigenvalue weighted by Gasteiger charge is 2.28. The van der Waals surface area contributed by atoms with Gasteiger partial charge in [0.05, 0.1) is 5.69 Å². The normalized spacial score (nSPS) is 16.2. The molecule has 0 spiro atoms. The molecule has 8 heteroatoms. The van der Waals surface area contributed by atoms with Crippen LogP contribution in [-0.2, 0) is 9.53 Å². The molecule has 3 amide bonds. The van der Waals surface area contributed by atoms with E-state index in [1.165, 1.54) is 13.3 Å². The summed E-state index contributed by atoms with van der Waals surface area (Å²) in [7, 11) is 0. The largest absolute Gasteiger partial charge is 0.449 e. The fraction of sp³-hybridized carbons (Fsp3) is 0.667. The molecule has 0 aromatic carbocycles. The highest BCUT2D eigenvalue weighted by atomic mass is 16.5. The number of rotatable bonds is 5. The molecule has 1 aliphatic carbocycles. The van der Waals surface area contributed by atoms with Gasteiger partial charge in [-0.1, -0.05) is 38.3 Å². The first-order chi connectivity index (χ1) is 12.3. The molecule has 2 N–H and O–H groups in total. The Morgan fingerprint density at radius 1 is 1.15 bits per heavy atom. The van der Waals surface area contributed by atoms with E-state index >= 15 is 0 Å². The molecule has 2 rings (SSSR count). The van der Waals surface area contributed by atoms with Crippen LogP contribution in [0.5, 0.6) is 0 Å². The van der Waals surface area contributed by atoms with Gasteiger partial charge in [0, 0.05) is 12.0 Å². The number of nitrogens with one attached hydrogen (secondary N) is 2. The lowest BCUT2D eigenvalue weighted by atomic mass is 9.96. The topological polar surface area (TPSA) is 111 Å². The summed E-state index contributed by atoms with van der Waals surface area (Å²) in [6.07, 6.45) is 4.03. The van der Waals surface area contributed by atoms with Crippen molar-refractivity contribution in [2.45, 2.75) is 77.9 Å². The Morgan fingerprint density at radius 2 is 1.81 bits per heavy atom. The van der Waals surface area contributed by atoms with E-state index in [9.17, 15) is 14.4 Å². The maximum absolute atomic E-state index is 12.4. The van der Waals surface area contributed by atoms with Gasteiger partial charge < -0.3 is 14.6 Å². The van der Waals surface area contributed by atoms with Gasteiger partial charge in [0.2, 0.25) is 0 Å². The Kier molecular flexibility index (Phi) is 6.76. The smallest absolute Gasteiger partial charge is 0.344 e. The summed E-state index contributed by atoms with van der Waals surface area (Å²) in [6.45, 7) is 6.78. The minimum atomic E-state index is -1.12.